The van der Waals surface area contributed by atoms with Crippen LogP contribution in [0.4, 0.5) is 0 Å². The van der Waals surface area contributed by atoms with Crippen LogP contribution < -0.4 is 20.3 Å². The van der Waals surface area contributed by atoms with Gasteiger partial charge in [-0.3, -0.25) is 9.59 Å². The summed E-state index contributed by atoms with van der Waals surface area (Å²) in [6.45, 7) is 2.21. The minimum absolute atomic E-state index is 0.132. The van der Waals surface area contributed by atoms with Gasteiger partial charge in [0.25, 0.3) is 11.5 Å². The largest absolute Gasteiger partial charge is 0.497 e. The highest BCUT2D eigenvalue weighted by Crippen LogP contribution is 2.21. The van der Waals surface area contributed by atoms with Crippen LogP contribution in [0.25, 0.3) is 11.3 Å². The molecule has 1 N–H and O–H groups in total. The van der Waals surface area contributed by atoms with E-state index >= 15 is 0 Å². The van der Waals surface area contributed by atoms with Crippen molar-refractivity contribution >= 4 is 17.5 Å². The molecule has 0 unspecified atom stereocenters. The van der Waals surface area contributed by atoms with E-state index in [9.17, 15) is 9.59 Å². The molecule has 0 saturated carbocycles. The number of carbonyl (C=O) groups excluding carboxylic acids is 1. The molecule has 0 saturated heterocycles. The summed E-state index contributed by atoms with van der Waals surface area (Å²) in [5, 5.41) is 7.74. The second-order valence-electron chi connectivity index (χ2n) is 6.56. The molecule has 0 fully saturated rings. The third-order valence-electron chi connectivity index (χ3n) is 4.38. The molecular weight excluding hydrogens is 406 g/mol. The molecule has 156 valence electrons. The quantitative estimate of drug-likeness (QED) is 0.597. The summed E-state index contributed by atoms with van der Waals surface area (Å²) in [6, 6.07) is 15.7. The molecule has 1 aromatic heterocycles. The summed E-state index contributed by atoms with van der Waals surface area (Å²) in [6.07, 6.45) is 0. The highest BCUT2D eigenvalue weighted by molar-refractivity contribution is 6.31. The van der Waals surface area contributed by atoms with Crippen LogP contribution in [0.1, 0.15) is 5.56 Å². The first-order valence-electron chi connectivity index (χ1n) is 9.34. The van der Waals surface area contributed by atoms with Crippen molar-refractivity contribution < 1.29 is 14.3 Å². The van der Waals surface area contributed by atoms with E-state index < -0.39 is 0 Å². The summed E-state index contributed by atoms with van der Waals surface area (Å²) >= 11 is 5.97. The Hall–Kier alpha value is -3.32. The first-order chi connectivity index (χ1) is 14.5. The number of benzene rings is 2. The van der Waals surface area contributed by atoms with Gasteiger partial charge in [-0.25, -0.2) is 4.68 Å². The van der Waals surface area contributed by atoms with E-state index in [4.69, 9.17) is 21.1 Å². The lowest BCUT2D eigenvalue weighted by Crippen LogP contribution is -2.34. The third-order valence-corrected chi connectivity index (χ3v) is 4.80. The molecule has 0 aliphatic carbocycles. The molecule has 30 heavy (non-hydrogen) atoms. The molecule has 7 nitrogen and oxygen atoms in total. The predicted molar refractivity (Wildman–Crippen MR) is 115 cm³/mol. The maximum atomic E-state index is 12.1. The standard InChI is InChI=1S/C22H22ClN3O4/c1-15-12-18(6-7-19(15)23)30-14-21(27)24-10-11-26-22(28)9-8-20(25-26)16-4-3-5-17(13-16)29-2/h3-9,12-13H,10-11,14H2,1-2H3,(H,24,27). The number of hydrogen-bond acceptors (Lipinski definition) is 5. The summed E-state index contributed by atoms with van der Waals surface area (Å²) < 4.78 is 12.0. The number of hydrogen-bond donors (Lipinski definition) is 1. The zero-order chi connectivity index (χ0) is 21.5. The van der Waals surface area contributed by atoms with E-state index in [2.05, 4.69) is 10.4 Å². The van der Waals surface area contributed by atoms with E-state index in [1.807, 2.05) is 31.2 Å². The molecule has 1 heterocycles. The number of nitrogens with zero attached hydrogens (tertiary/aromatic N) is 2. The molecule has 3 rings (SSSR count). The van der Waals surface area contributed by atoms with Crippen molar-refractivity contribution in [3.05, 3.63) is 75.5 Å². The Labute approximate surface area is 179 Å². The van der Waals surface area contributed by atoms with Crippen LogP contribution in [0, 0.1) is 6.92 Å². The van der Waals surface area contributed by atoms with Crippen LogP contribution in [-0.2, 0) is 11.3 Å². The lowest BCUT2D eigenvalue weighted by atomic mass is 10.1. The van der Waals surface area contributed by atoms with Crippen LogP contribution in [0.3, 0.4) is 0 Å². The number of aromatic nitrogens is 2. The van der Waals surface area contributed by atoms with E-state index in [0.29, 0.717) is 22.2 Å². The SMILES string of the molecule is COc1cccc(-c2ccc(=O)n(CCNC(=O)COc3ccc(Cl)c(C)c3)n2)c1. The number of aryl methyl sites for hydroxylation is 1. The van der Waals surface area contributed by atoms with Gasteiger partial charge in [0.2, 0.25) is 0 Å². The summed E-state index contributed by atoms with van der Waals surface area (Å²) in [5.41, 5.74) is 2.10. The fourth-order valence-electron chi connectivity index (χ4n) is 2.75. The van der Waals surface area contributed by atoms with E-state index in [0.717, 1.165) is 11.1 Å². The summed E-state index contributed by atoms with van der Waals surface area (Å²) in [4.78, 5) is 24.1. The van der Waals surface area contributed by atoms with Crippen LogP contribution in [0.15, 0.2) is 59.4 Å². The molecule has 8 heteroatoms. The van der Waals surface area contributed by atoms with Crippen molar-refractivity contribution in [2.75, 3.05) is 20.3 Å². The number of ether oxygens (including phenoxy) is 2. The molecule has 0 spiro atoms. The number of halogens is 1. The maximum Gasteiger partial charge on any atom is 0.266 e. The van der Waals surface area contributed by atoms with E-state index in [1.165, 1.54) is 10.7 Å². The van der Waals surface area contributed by atoms with Crippen LogP contribution in [0.5, 0.6) is 11.5 Å². The molecule has 0 aliphatic rings. The van der Waals surface area contributed by atoms with Crippen molar-refractivity contribution in [3.63, 3.8) is 0 Å². The van der Waals surface area contributed by atoms with E-state index in [1.54, 1.807) is 31.4 Å². The lowest BCUT2D eigenvalue weighted by Gasteiger charge is -2.10. The number of rotatable bonds is 8. The minimum Gasteiger partial charge on any atom is -0.497 e. The van der Waals surface area contributed by atoms with Crippen molar-refractivity contribution in [2.45, 2.75) is 13.5 Å². The molecule has 1 amide bonds. The first kappa shape index (κ1) is 21.4. The highest BCUT2D eigenvalue weighted by atomic mass is 35.5. The first-order valence-corrected chi connectivity index (χ1v) is 9.72. The van der Waals surface area contributed by atoms with Gasteiger partial charge < -0.3 is 14.8 Å². The number of methoxy groups -OCH3 is 1. The fraction of sp³-hybridized carbons (Fsp3) is 0.227. The average molecular weight is 428 g/mol. The van der Waals surface area contributed by atoms with Crippen molar-refractivity contribution in [3.8, 4) is 22.8 Å². The highest BCUT2D eigenvalue weighted by Gasteiger charge is 2.07. The van der Waals surface area contributed by atoms with Gasteiger partial charge in [-0.05, 0) is 48.9 Å². The number of amides is 1. The monoisotopic (exact) mass is 427 g/mol. The van der Waals surface area contributed by atoms with Crippen LogP contribution >= 0.6 is 11.6 Å². The zero-order valence-corrected chi connectivity index (χ0v) is 17.5. The van der Waals surface area contributed by atoms with Gasteiger partial charge in [-0.15, -0.1) is 0 Å². The Balaban J connectivity index is 1.55. The Morgan fingerprint density at radius 2 is 1.97 bits per heavy atom. The zero-order valence-electron chi connectivity index (χ0n) is 16.7. The summed E-state index contributed by atoms with van der Waals surface area (Å²) in [5.74, 6) is 0.978. The Morgan fingerprint density at radius 3 is 2.73 bits per heavy atom. The minimum atomic E-state index is -0.292. The topological polar surface area (TPSA) is 82.5 Å². The average Bonchev–Trinajstić information content (AvgIpc) is 2.76. The molecule has 0 bridgehead atoms. The van der Waals surface area contributed by atoms with Gasteiger partial charge in [0.15, 0.2) is 6.61 Å². The fourth-order valence-corrected chi connectivity index (χ4v) is 2.87. The van der Waals surface area contributed by atoms with Gasteiger partial charge in [0.1, 0.15) is 11.5 Å². The predicted octanol–water partition coefficient (Wildman–Crippen LogP) is 3.08. The van der Waals surface area contributed by atoms with Crippen LogP contribution in [0.2, 0.25) is 5.02 Å². The number of carbonyl (C=O) groups is 1. The maximum absolute atomic E-state index is 12.1. The van der Waals surface area contributed by atoms with Crippen molar-refractivity contribution in [1.82, 2.24) is 15.1 Å². The normalized spacial score (nSPS) is 10.5. The van der Waals surface area contributed by atoms with Gasteiger partial charge in [0.05, 0.1) is 19.3 Å². The van der Waals surface area contributed by atoms with Gasteiger partial charge in [-0.1, -0.05) is 23.7 Å². The molecule has 0 aliphatic heterocycles. The molecule has 0 radical (unpaired) electrons. The van der Waals surface area contributed by atoms with Crippen molar-refractivity contribution in [1.29, 1.82) is 0 Å². The smallest absolute Gasteiger partial charge is 0.266 e. The third kappa shape index (κ3) is 5.61. The Kier molecular flexibility index (Phi) is 7.08. The lowest BCUT2D eigenvalue weighted by molar-refractivity contribution is -0.123. The molecule has 3 aromatic rings. The van der Waals surface area contributed by atoms with Gasteiger partial charge >= 0.3 is 0 Å². The molecule has 2 aromatic carbocycles. The van der Waals surface area contributed by atoms with Crippen LogP contribution in [-0.4, -0.2) is 35.9 Å². The van der Waals surface area contributed by atoms with Gasteiger partial charge in [-0.2, -0.15) is 5.10 Å². The Bertz CT molecular complexity index is 1100. The van der Waals surface area contributed by atoms with Crippen molar-refractivity contribution in [2.24, 2.45) is 0 Å². The van der Waals surface area contributed by atoms with E-state index in [-0.39, 0.29) is 31.2 Å². The molecular formula is C22H22ClN3O4. The second-order valence-corrected chi connectivity index (χ2v) is 6.97. The second kappa shape index (κ2) is 9.93. The molecule has 0 atom stereocenters. The Morgan fingerprint density at radius 1 is 1.13 bits per heavy atom. The number of nitrogens with one attached hydrogen (secondary N) is 1. The van der Waals surface area contributed by atoms with Gasteiger partial charge in [0, 0.05) is 23.2 Å². The summed E-state index contributed by atoms with van der Waals surface area (Å²) in [7, 11) is 1.59.